The molecule has 1 aliphatic heterocycles. The molecule has 15 heavy (non-hydrogen) atoms. The van der Waals surface area contributed by atoms with Gasteiger partial charge in [0.25, 0.3) is 0 Å². The second-order valence-corrected chi connectivity index (χ2v) is 3.77. The molecule has 0 aromatic rings. The fraction of sp³-hybridized carbons (Fsp3) is 0.667. The van der Waals surface area contributed by atoms with Gasteiger partial charge in [-0.05, 0) is 13.8 Å². The Hall–Kier alpha value is -1.43. The lowest BCUT2D eigenvalue weighted by Crippen LogP contribution is -2.44. The Labute approximate surface area is 87.8 Å². The van der Waals surface area contributed by atoms with Gasteiger partial charge in [0.2, 0.25) is 17.7 Å². The molecule has 1 fully saturated rings. The Kier molecular flexibility index (Phi) is 3.79. The van der Waals surface area contributed by atoms with Gasteiger partial charge in [0.1, 0.15) is 0 Å². The molecule has 1 saturated heterocycles. The van der Waals surface area contributed by atoms with Crippen molar-refractivity contribution in [3.63, 3.8) is 0 Å². The van der Waals surface area contributed by atoms with Crippen molar-refractivity contribution in [3.05, 3.63) is 0 Å². The number of amides is 3. The van der Waals surface area contributed by atoms with Gasteiger partial charge in [-0.15, -0.1) is 0 Å². The van der Waals surface area contributed by atoms with Crippen LogP contribution in [0.3, 0.4) is 0 Å². The average Bonchev–Trinajstić information content (AvgIpc) is 2.40. The molecule has 0 bridgehead atoms. The highest BCUT2D eigenvalue weighted by Crippen LogP contribution is 2.00. The van der Waals surface area contributed by atoms with E-state index in [0.29, 0.717) is 0 Å². The zero-order valence-electron chi connectivity index (χ0n) is 8.79. The summed E-state index contributed by atoms with van der Waals surface area (Å²) in [4.78, 5) is 33.1. The zero-order valence-corrected chi connectivity index (χ0v) is 8.79. The molecule has 0 aliphatic carbocycles. The minimum absolute atomic E-state index is 0.0452. The third-order valence-corrected chi connectivity index (χ3v) is 1.93. The molecule has 3 N–H and O–H groups in total. The summed E-state index contributed by atoms with van der Waals surface area (Å²) in [6, 6.07) is -0.506. The third-order valence-electron chi connectivity index (χ3n) is 1.93. The maximum atomic E-state index is 11.2. The van der Waals surface area contributed by atoms with E-state index in [-0.39, 0.29) is 36.7 Å². The van der Waals surface area contributed by atoms with Gasteiger partial charge < -0.3 is 5.32 Å². The summed E-state index contributed by atoms with van der Waals surface area (Å²) in [7, 11) is 0. The van der Waals surface area contributed by atoms with Crippen molar-refractivity contribution in [1.82, 2.24) is 16.0 Å². The molecular weight excluding hydrogens is 198 g/mol. The lowest BCUT2D eigenvalue weighted by molar-refractivity contribution is -0.125. The molecule has 84 valence electrons. The molecule has 0 radical (unpaired) electrons. The van der Waals surface area contributed by atoms with E-state index < -0.39 is 6.04 Å². The smallest absolute Gasteiger partial charge is 0.244 e. The second-order valence-electron chi connectivity index (χ2n) is 3.77. The summed E-state index contributed by atoms with van der Waals surface area (Å²) in [6.45, 7) is 3.75. The van der Waals surface area contributed by atoms with Crippen LogP contribution in [0.15, 0.2) is 0 Å². The van der Waals surface area contributed by atoms with E-state index in [2.05, 4.69) is 16.0 Å². The predicted octanol–water partition coefficient (Wildman–Crippen LogP) is -1.48. The van der Waals surface area contributed by atoms with E-state index in [1.54, 1.807) is 0 Å². The first-order valence-corrected chi connectivity index (χ1v) is 4.85. The quantitative estimate of drug-likeness (QED) is 0.497. The Morgan fingerprint density at radius 2 is 2.20 bits per heavy atom. The molecule has 1 unspecified atom stereocenters. The Morgan fingerprint density at radius 3 is 2.67 bits per heavy atom. The summed E-state index contributed by atoms with van der Waals surface area (Å²) in [5, 5.41) is 7.56. The standard InChI is InChI=1S/C9H15N3O3/c1-5(2)11-8(14)4-10-6-3-7(13)12-9(6)15/h5-6,10H,3-4H2,1-2H3,(H,11,14)(H,12,13,15). The maximum absolute atomic E-state index is 11.2. The van der Waals surface area contributed by atoms with E-state index in [4.69, 9.17) is 0 Å². The molecule has 0 spiro atoms. The minimum atomic E-state index is -0.574. The van der Waals surface area contributed by atoms with Crippen LogP contribution in [0.1, 0.15) is 20.3 Å². The largest absolute Gasteiger partial charge is 0.353 e. The number of hydrogen-bond donors (Lipinski definition) is 3. The molecular formula is C9H15N3O3. The number of imide groups is 1. The second kappa shape index (κ2) is 4.88. The van der Waals surface area contributed by atoms with E-state index in [0.717, 1.165) is 0 Å². The summed E-state index contributed by atoms with van der Waals surface area (Å²) < 4.78 is 0. The molecule has 1 heterocycles. The maximum Gasteiger partial charge on any atom is 0.244 e. The molecule has 1 rings (SSSR count). The van der Waals surface area contributed by atoms with Crippen molar-refractivity contribution in [1.29, 1.82) is 0 Å². The van der Waals surface area contributed by atoms with Crippen molar-refractivity contribution in [3.8, 4) is 0 Å². The molecule has 6 nitrogen and oxygen atoms in total. The summed E-state index contributed by atoms with van der Waals surface area (Å²) in [6.07, 6.45) is 0.105. The van der Waals surface area contributed by atoms with Crippen LogP contribution in [-0.4, -0.2) is 36.3 Å². The van der Waals surface area contributed by atoms with Crippen LogP contribution in [0.2, 0.25) is 0 Å². The summed E-state index contributed by atoms with van der Waals surface area (Å²) in [5.41, 5.74) is 0. The van der Waals surface area contributed by atoms with Crippen molar-refractivity contribution in [2.24, 2.45) is 0 Å². The zero-order chi connectivity index (χ0) is 11.4. The van der Waals surface area contributed by atoms with Crippen molar-refractivity contribution in [2.45, 2.75) is 32.4 Å². The van der Waals surface area contributed by atoms with Gasteiger partial charge in [0, 0.05) is 6.04 Å². The molecule has 0 aromatic carbocycles. The van der Waals surface area contributed by atoms with Gasteiger partial charge in [-0.1, -0.05) is 0 Å². The van der Waals surface area contributed by atoms with Gasteiger partial charge >= 0.3 is 0 Å². The van der Waals surface area contributed by atoms with Gasteiger partial charge in [-0.25, -0.2) is 0 Å². The fourth-order valence-corrected chi connectivity index (χ4v) is 1.31. The van der Waals surface area contributed by atoms with Crippen molar-refractivity contribution >= 4 is 17.7 Å². The molecule has 0 aromatic heterocycles. The van der Waals surface area contributed by atoms with Gasteiger partial charge in [-0.3, -0.25) is 25.0 Å². The Balaban J connectivity index is 2.28. The van der Waals surface area contributed by atoms with Crippen LogP contribution >= 0.6 is 0 Å². The molecule has 1 aliphatic rings. The number of carbonyl (C=O) groups is 3. The Morgan fingerprint density at radius 1 is 1.53 bits per heavy atom. The lowest BCUT2D eigenvalue weighted by Gasteiger charge is -2.11. The first kappa shape index (κ1) is 11.6. The first-order chi connectivity index (χ1) is 6.99. The molecule has 0 saturated carbocycles. The monoisotopic (exact) mass is 213 g/mol. The van der Waals surface area contributed by atoms with Crippen molar-refractivity contribution < 1.29 is 14.4 Å². The minimum Gasteiger partial charge on any atom is -0.353 e. The number of carbonyl (C=O) groups excluding carboxylic acids is 3. The SMILES string of the molecule is CC(C)NC(=O)CNC1CC(=O)NC1=O. The van der Waals surface area contributed by atoms with Gasteiger partial charge in [0.15, 0.2) is 0 Å². The van der Waals surface area contributed by atoms with E-state index in [1.807, 2.05) is 13.8 Å². The Bertz CT molecular complexity index is 288. The van der Waals surface area contributed by atoms with Gasteiger partial charge in [0.05, 0.1) is 19.0 Å². The highest BCUT2D eigenvalue weighted by atomic mass is 16.2. The molecule has 3 amide bonds. The molecule has 6 heteroatoms. The lowest BCUT2D eigenvalue weighted by atomic mass is 10.2. The normalized spacial score (nSPS) is 20.6. The number of rotatable bonds is 4. The van der Waals surface area contributed by atoms with E-state index in [9.17, 15) is 14.4 Å². The van der Waals surface area contributed by atoms with Crippen LogP contribution in [0.5, 0.6) is 0 Å². The van der Waals surface area contributed by atoms with Crippen LogP contribution in [0.25, 0.3) is 0 Å². The predicted molar refractivity (Wildman–Crippen MR) is 52.8 cm³/mol. The van der Waals surface area contributed by atoms with E-state index >= 15 is 0 Å². The molecule has 1 atom stereocenters. The highest BCUT2D eigenvalue weighted by Gasteiger charge is 2.30. The first-order valence-electron chi connectivity index (χ1n) is 4.85. The van der Waals surface area contributed by atoms with Crippen LogP contribution in [0, 0.1) is 0 Å². The number of hydrogen-bond acceptors (Lipinski definition) is 4. The van der Waals surface area contributed by atoms with Gasteiger partial charge in [-0.2, -0.15) is 0 Å². The summed E-state index contributed by atoms with van der Waals surface area (Å²) in [5.74, 6) is -0.851. The van der Waals surface area contributed by atoms with E-state index in [1.165, 1.54) is 0 Å². The summed E-state index contributed by atoms with van der Waals surface area (Å²) >= 11 is 0. The fourth-order valence-electron chi connectivity index (χ4n) is 1.31. The topological polar surface area (TPSA) is 87.3 Å². The van der Waals surface area contributed by atoms with Crippen molar-refractivity contribution in [2.75, 3.05) is 6.54 Å². The number of nitrogens with one attached hydrogen (secondary N) is 3. The third kappa shape index (κ3) is 3.67. The highest BCUT2D eigenvalue weighted by molar-refractivity contribution is 6.05. The van der Waals surface area contributed by atoms with Crippen LogP contribution < -0.4 is 16.0 Å². The average molecular weight is 213 g/mol. The van der Waals surface area contributed by atoms with Crippen LogP contribution in [0.4, 0.5) is 0 Å². The van der Waals surface area contributed by atoms with Crippen LogP contribution in [-0.2, 0) is 14.4 Å².